The normalized spacial score (nSPS) is 13.2. The molecule has 0 N–H and O–H groups in total. The number of hydrogen-bond donors (Lipinski definition) is 0. The number of halogens is 2. The number of carbonyl (C=O) groups excluding carboxylic acids is 3. The highest BCUT2D eigenvalue weighted by Gasteiger charge is 2.39. The Morgan fingerprint density at radius 1 is 0.929 bits per heavy atom. The molecule has 0 bridgehead atoms. The number of para-hydroxylation sites is 1. The number of amides is 2. The number of fused-ring (bicyclic) bond motifs is 1. The summed E-state index contributed by atoms with van der Waals surface area (Å²) >= 11 is 0. The summed E-state index contributed by atoms with van der Waals surface area (Å²) in [4.78, 5) is 41.9. The molecule has 1 aliphatic rings. The minimum Gasteiger partial charge on any atom is -0.324 e. The second-order valence-corrected chi connectivity index (χ2v) is 5.82. The largest absolute Gasteiger partial charge is 0.367 e. The van der Waals surface area contributed by atoms with E-state index >= 15 is 0 Å². The Labute approximate surface area is 156 Å². The summed E-state index contributed by atoms with van der Waals surface area (Å²) < 4.78 is 28.2. The van der Waals surface area contributed by atoms with E-state index in [1.165, 1.54) is 24.3 Å². The van der Waals surface area contributed by atoms with Crippen LogP contribution in [0.15, 0.2) is 60.8 Å². The highest BCUT2D eigenvalue weighted by molar-refractivity contribution is 6.21. The first-order valence-electron chi connectivity index (χ1n) is 8.10. The van der Waals surface area contributed by atoms with E-state index in [2.05, 4.69) is 5.10 Å². The standard InChI is InChI=1S/C19H11F2N3O4/c20-16(21)15-14(10-22-23(15)11-6-2-1-3-7-11)19(27)28-24-17(25)12-8-4-5-9-13(12)18(24)26/h1-10,16H. The van der Waals surface area contributed by atoms with Crippen LogP contribution in [0.25, 0.3) is 5.69 Å². The quantitative estimate of drug-likeness (QED) is 0.647. The van der Waals surface area contributed by atoms with Crippen molar-refractivity contribution in [3.05, 3.63) is 83.2 Å². The van der Waals surface area contributed by atoms with Gasteiger partial charge >= 0.3 is 5.97 Å². The fraction of sp³-hybridized carbons (Fsp3) is 0.0526. The first-order valence-corrected chi connectivity index (χ1v) is 8.10. The second-order valence-electron chi connectivity index (χ2n) is 5.82. The van der Waals surface area contributed by atoms with Crippen molar-refractivity contribution in [2.45, 2.75) is 6.43 Å². The molecule has 2 heterocycles. The molecule has 2 aromatic carbocycles. The summed E-state index contributed by atoms with van der Waals surface area (Å²) in [6, 6.07) is 13.9. The van der Waals surface area contributed by atoms with Crippen LogP contribution in [-0.4, -0.2) is 32.6 Å². The van der Waals surface area contributed by atoms with Gasteiger partial charge in [0.25, 0.3) is 18.2 Å². The number of carbonyl (C=O) groups is 3. The van der Waals surface area contributed by atoms with E-state index < -0.39 is 35.5 Å². The minimum absolute atomic E-state index is 0.0642. The smallest absolute Gasteiger partial charge is 0.324 e. The summed E-state index contributed by atoms with van der Waals surface area (Å²) in [5, 5.41) is 4.09. The molecule has 0 unspecified atom stereocenters. The zero-order chi connectivity index (χ0) is 19.8. The third kappa shape index (κ3) is 2.73. The predicted octanol–water partition coefficient (Wildman–Crippen LogP) is 3.18. The third-order valence-electron chi connectivity index (χ3n) is 4.16. The lowest BCUT2D eigenvalue weighted by atomic mass is 10.1. The van der Waals surface area contributed by atoms with Crippen LogP contribution >= 0.6 is 0 Å². The average Bonchev–Trinajstić information content (AvgIpc) is 3.25. The molecular formula is C19H11F2N3O4. The molecule has 9 heteroatoms. The van der Waals surface area contributed by atoms with Crippen LogP contribution in [-0.2, 0) is 4.84 Å². The molecule has 1 aliphatic heterocycles. The molecule has 140 valence electrons. The molecule has 1 aromatic heterocycles. The van der Waals surface area contributed by atoms with E-state index in [9.17, 15) is 23.2 Å². The topological polar surface area (TPSA) is 81.5 Å². The van der Waals surface area contributed by atoms with Crippen molar-refractivity contribution < 1.29 is 28.0 Å². The van der Waals surface area contributed by atoms with Gasteiger partial charge < -0.3 is 4.84 Å². The van der Waals surface area contributed by atoms with Crippen molar-refractivity contribution >= 4 is 17.8 Å². The van der Waals surface area contributed by atoms with Gasteiger partial charge in [0.2, 0.25) is 0 Å². The molecule has 0 atom stereocenters. The van der Waals surface area contributed by atoms with Gasteiger partial charge in [-0.2, -0.15) is 5.10 Å². The fourth-order valence-electron chi connectivity index (χ4n) is 2.88. The zero-order valence-electron chi connectivity index (χ0n) is 14.1. The molecule has 3 aromatic rings. The molecule has 0 saturated carbocycles. The maximum Gasteiger partial charge on any atom is 0.367 e. The molecule has 0 saturated heterocycles. The van der Waals surface area contributed by atoms with Gasteiger partial charge in [-0.05, 0) is 24.3 Å². The van der Waals surface area contributed by atoms with Gasteiger partial charge in [-0.25, -0.2) is 18.3 Å². The number of benzene rings is 2. The lowest BCUT2D eigenvalue weighted by Crippen LogP contribution is -2.33. The van der Waals surface area contributed by atoms with Crippen molar-refractivity contribution in [2.24, 2.45) is 0 Å². The first-order chi connectivity index (χ1) is 13.5. The summed E-state index contributed by atoms with van der Waals surface area (Å²) in [5.74, 6) is -2.97. The molecule has 0 fully saturated rings. The van der Waals surface area contributed by atoms with Crippen LogP contribution in [0.1, 0.15) is 43.2 Å². The van der Waals surface area contributed by atoms with Crippen LogP contribution in [0.3, 0.4) is 0 Å². The van der Waals surface area contributed by atoms with Crippen molar-refractivity contribution in [1.82, 2.24) is 14.8 Å². The van der Waals surface area contributed by atoms with Crippen LogP contribution < -0.4 is 0 Å². The lowest BCUT2D eigenvalue weighted by Gasteiger charge is -2.13. The highest BCUT2D eigenvalue weighted by atomic mass is 19.3. The third-order valence-corrected chi connectivity index (χ3v) is 4.16. The number of hydroxylamine groups is 2. The average molecular weight is 383 g/mol. The molecule has 4 rings (SSSR count). The van der Waals surface area contributed by atoms with Crippen LogP contribution in [0, 0.1) is 0 Å². The Morgan fingerprint density at radius 2 is 1.50 bits per heavy atom. The Bertz CT molecular complexity index is 1060. The molecule has 28 heavy (non-hydrogen) atoms. The van der Waals surface area contributed by atoms with E-state index in [0.717, 1.165) is 10.9 Å². The maximum absolute atomic E-state index is 13.6. The van der Waals surface area contributed by atoms with Crippen LogP contribution in [0.2, 0.25) is 0 Å². The SMILES string of the molecule is O=C(ON1C(=O)c2ccccc2C1=O)c1cnn(-c2ccccc2)c1C(F)F. The molecule has 0 spiro atoms. The second kappa shape index (κ2) is 6.69. The van der Waals surface area contributed by atoms with Crippen molar-refractivity contribution in [2.75, 3.05) is 0 Å². The molecule has 7 nitrogen and oxygen atoms in total. The zero-order valence-corrected chi connectivity index (χ0v) is 14.1. The van der Waals surface area contributed by atoms with E-state index in [1.54, 1.807) is 30.3 Å². The Kier molecular flexibility index (Phi) is 4.19. The van der Waals surface area contributed by atoms with Gasteiger partial charge in [0.05, 0.1) is 23.0 Å². The number of rotatable bonds is 4. The van der Waals surface area contributed by atoms with Gasteiger partial charge in [-0.1, -0.05) is 35.4 Å². The van der Waals surface area contributed by atoms with Crippen molar-refractivity contribution in [3.8, 4) is 5.69 Å². The number of aromatic nitrogens is 2. The van der Waals surface area contributed by atoms with E-state index in [0.29, 0.717) is 5.69 Å². The minimum atomic E-state index is -3.05. The summed E-state index contributed by atoms with van der Waals surface area (Å²) in [7, 11) is 0. The lowest BCUT2D eigenvalue weighted by molar-refractivity contribution is -0.0587. The summed E-state index contributed by atoms with van der Waals surface area (Å²) in [5.41, 5.74) is -0.801. The first kappa shape index (κ1) is 17.5. The number of imide groups is 1. The predicted molar refractivity (Wildman–Crippen MR) is 90.9 cm³/mol. The van der Waals surface area contributed by atoms with E-state index in [4.69, 9.17) is 4.84 Å². The van der Waals surface area contributed by atoms with Gasteiger partial charge in [0.15, 0.2) is 0 Å². The Hall–Kier alpha value is -3.88. The number of alkyl halides is 2. The van der Waals surface area contributed by atoms with Gasteiger partial charge in [0.1, 0.15) is 11.3 Å². The summed E-state index contributed by atoms with van der Waals surface area (Å²) in [6.07, 6.45) is -2.14. The van der Waals surface area contributed by atoms with Gasteiger partial charge in [0, 0.05) is 0 Å². The van der Waals surface area contributed by atoms with Gasteiger partial charge in [-0.15, -0.1) is 0 Å². The van der Waals surface area contributed by atoms with Crippen molar-refractivity contribution in [3.63, 3.8) is 0 Å². The molecule has 0 aliphatic carbocycles. The highest BCUT2D eigenvalue weighted by Crippen LogP contribution is 2.28. The Balaban J connectivity index is 1.66. The number of hydrogen-bond acceptors (Lipinski definition) is 5. The monoisotopic (exact) mass is 383 g/mol. The van der Waals surface area contributed by atoms with Crippen LogP contribution in [0.4, 0.5) is 8.78 Å². The molecule has 0 radical (unpaired) electrons. The Morgan fingerprint density at radius 3 is 2.07 bits per heavy atom. The summed E-state index contributed by atoms with van der Waals surface area (Å²) in [6.45, 7) is 0. The van der Waals surface area contributed by atoms with Gasteiger partial charge in [-0.3, -0.25) is 9.59 Å². The number of nitrogens with zero attached hydrogens (tertiary/aromatic N) is 3. The maximum atomic E-state index is 13.6. The molecular weight excluding hydrogens is 372 g/mol. The van der Waals surface area contributed by atoms with E-state index in [-0.39, 0.29) is 16.2 Å². The van der Waals surface area contributed by atoms with Crippen LogP contribution in [0.5, 0.6) is 0 Å². The fourth-order valence-corrected chi connectivity index (χ4v) is 2.88. The van der Waals surface area contributed by atoms with Crippen molar-refractivity contribution in [1.29, 1.82) is 0 Å². The van der Waals surface area contributed by atoms with E-state index in [1.807, 2.05) is 0 Å². The molecule has 2 amide bonds.